The van der Waals surface area contributed by atoms with Crippen molar-refractivity contribution in [3.63, 3.8) is 0 Å². The van der Waals surface area contributed by atoms with Crippen molar-refractivity contribution < 1.29 is 14.3 Å². The lowest BCUT2D eigenvalue weighted by atomic mass is 9.96. The number of amides is 2. The number of aromatic nitrogens is 2. The van der Waals surface area contributed by atoms with Crippen LogP contribution in [0.4, 0.5) is 11.5 Å². The summed E-state index contributed by atoms with van der Waals surface area (Å²) in [6.07, 6.45) is 4.33. The number of anilines is 2. The number of nitrogens with one attached hydrogen (secondary N) is 3. The molecule has 1 saturated carbocycles. The van der Waals surface area contributed by atoms with E-state index in [1.807, 2.05) is 58.0 Å². The van der Waals surface area contributed by atoms with E-state index in [-0.39, 0.29) is 29.3 Å². The zero-order chi connectivity index (χ0) is 28.4. The summed E-state index contributed by atoms with van der Waals surface area (Å²) >= 11 is 0. The van der Waals surface area contributed by atoms with E-state index in [1.54, 1.807) is 6.20 Å². The van der Waals surface area contributed by atoms with E-state index in [4.69, 9.17) is 4.74 Å². The molecule has 1 aromatic carbocycles. The number of nitrogens with zero attached hydrogens (tertiary/aromatic N) is 2. The van der Waals surface area contributed by atoms with Crippen LogP contribution in [0.5, 0.6) is 0 Å². The molecule has 40 heavy (non-hydrogen) atoms. The molecule has 0 atom stereocenters. The van der Waals surface area contributed by atoms with Crippen molar-refractivity contribution in [1.82, 2.24) is 15.3 Å². The Kier molecular flexibility index (Phi) is 7.76. The highest BCUT2D eigenvalue weighted by Gasteiger charge is 2.48. The standard InChI is InChI=1S/C31H37N5O4/c1-5-31(8-9-31)30(39)35-26-16-23(22-6-7-27(32-17-22)36-10-12-40-13-11-36)15-24(21(26)4)28(37)33-18-25-19(2)14-20(3)34-29(25)38/h6-7,14-17H,5,8-13,18H2,1-4H3,(H,33,37)(H,34,38)(H,35,39). The number of carbonyl (C=O) groups is 2. The zero-order valence-corrected chi connectivity index (χ0v) is 23.6. The highest BCUT2D eigenvalue weighted by Crippen LogP contribution is 2.49. The third-order valence-corrected chi connectivity index (χ3v) is 8.25. The van der Waals surface area contributed by atoms with Crippen LogP contribution >= 0.6 is 0 Å². The maximum atomic E-state index is 13.5. The van der Waals surface area contributed by atoms with E-state index in [9.17, 15) is 14.4 Å². The van der Waals surface area contributed by atoms with Gasteiger partial charge in [0.25, 0.3) is 11.5 Å². The van der Waals surface area contributed by atoms with Gasteiger partial charge in [-0.3, -0.25) is 14.4 Å². The molecule has 0 radical (unpaired) electrons. The first-order valence-corrected chi connectivity index (χ1v) is 13.9. The van der Waals surface area contributed by atoms with Crippen LogP contribution in [0.25, 0.3) is 11.1 Å². The molecule has 9 nitrogen and oxygen atoms in total. The van der Waals surface area contributed by atoms with Crippen LogP contribution in [0.2, 0.25) is 0 Å². The molecule has 3 aromatic rings. The average Bonchev–Trinajstić information content (AvgIpc) is 3.75. The second kappa shape index (κ2) is 11.3. The van der Waals surface area contributed by atoms with E-state index in [1.165, 1.54) is 0 Å². The number of pyridine rings is 2. The molecular weight excluding hydrogens is 506 g/mol. The SMILES string of the molecule is CCC1(C(=O)Nc2cc(-c3ccc(N4CCOCC4)nc3)cc(C(=O)NCc3c(C)cc(C)[nH]c3=O)c2C)CC1. The van der Waals surface area contributed by atoms with Gasteiger partial charge in [0, 0.05) is 59.3 Å². The molecule has 0 unspecified atom stereocenters. The summed E-state index contributed by atoms with van der Waals surface area (Å²) in [7, 11) is 0. The zero-order valence-electron chi connectivity index (χ0n) is 23.6. The fourth-order valence-electron chi connectivity index (χ4n) is 5.30. The van der Waals surface area contributed by atoms with Gasteiger partial charge in [0.2, 0.25) is 5.91 Å². The van der Waals surface area contributed by atoms with Gasteiger partial charge in [0.15, 0.2) is 0 Å². The smallest absolute Gasteiger partial charge is 0.253 e. The van der Waals surface area contributed by atoms with Crippen LogP contribution in [-0.2, 0) is 16.1 Å². The molecule has 2 aromatic heterocycles. The summed E-state index contributed by atoms with van der Waals surface area (Å²) in [5, 5.41) is 6.03. The van der Waals surface area contributed by atoms with E-state index in [0.717, 1.165) is 60.6 Å². The first-order valence-electron chi connectivity index (χ1n) is 13.9. The summed E-state index contributed by atoms with van der Waals surface area (Å²) < 4.78 is 5.45. The number of hydrogen-bond donors (Lipinski definition) is 3. The molecule has 210 valence electrons. The van der Waals surface area contributed by atoms with Crippen LogP contribution in [-0.4, -0.2) is 48.1 Å². The van der Waals surface area contributed by atoms with Gasteiger partial charge >= 0.3 is 0 Å². The molecule has 2 aliphatic rings. The largest absolute Gasteiger partial charge is 0.378 e. The minimum atomic E-state index is -0.323. The van der Waals surface area contributed by atoms with Crippen molar-refractivity contribution in [2.75, 3.05) is 36.5 Å². The van der Waals surface area contributed by atoms with Crippen LogP contribution in [0.15, 0.2) is 41.3 Å². The van der Waals surface area contributed by atoms with E-state index >= 15 is 0 Å². The van der Waals surface area contributed by atoms with Crippen molar-refractivity contribution >= 4 is 23.3 Å². The van der Waals surface area contributed by atoms with Gasteiger partial charge in [-0.2, -0.15) is 0 Å². The molecular formula is C31H37N5O4. The van der Waals surface area contributed by atoms with Gasteiger partial charge in [0.1, 0.15) is 5.82 Å². The number of aromatic amines is 1. The molecule has 1 aliphatic carbocycles. The number of aryl methyl sites for hydroxylation is 2. The quantitative estimate of drug-likeness (QED) is 0.391. The summed E-state index contributed by atoms with van der Waals surface area (Å²) in [5.41, 5.74) is 4.91. The normalized spacial score (nSPS) is 15.9. The Hall–Kier alpha value is -3.98. The molecule has 9 heteroatoms. The molecule has 0 spiro atoms. The van der Waals surface area contributed by atoms with Gasteiger partial charge in [-0.1, -0.05) is 6.92 Å². The van der Waals surface area contributed by atoms with Gasteiger partial charge in [-0.05, 0) is 87.1 Å². The summed E-state index contributed by atoms with van der Waals surface area (Å²) in [6, 6.07) is 9.58. The van der Waals surface area contributed by atoms with Crippen LogP contribution in [0.3, 0.4) is 0 Å². The number of carbonyl (C=O) groups excluding carboxylic acids is 2. The van der Waals surface area contributed by atoms with Crippen molar-refractivity contribution in [2.45, 2.75) is 53.5 Å². The molecule has 5 rings (SSSR count). The topological polar surface area (TPSA) is 116 Å². The lowest BCUT2D eigenvalue weighted by molar-refractivity contribution is -0.121. The lowest BCUT2D eigenvalue weighted by Crippen LogP contribution is -2.36. The minimum absolute atomic E-state index is 0.00999. The maximum Gasteiger partial charge on any atom is 0.253 e. The molecule has 1 saturated heterocycles. The number of morpholine rings is 1. The van der Waals surface area contributed by atoms with Crippen molar-refractivity contribution in [3.8, 4) is 11.1 Å². The van der Waals surface area contributed by atoms with E-state index in [2.05, 4.69) is 25.5 Å². The Morgan fingerprint density at radius 1 is 1.07 bits per heavy atom. The fourth-order valence-corrected chi connectivity index (χ4v) is 5.30. The van der Waals surface area contributed by atoms with Gasteiger partial charge < -0.3 is 25.3 Å². The molecule has 0 bridgehead atoms. The lowest BCUT2D eigenvalue weighted by Gasteiger charge is -2.27. The number of ether oxygens (including phenoxy) is 1. The molecule has 2 fully saturated rings. The highest BCUT2D eigenvalue weighted by molar-refractivity contribution is 6.03. The van der Waals surface area contributed by atoms with Crippen LogP contribution in [0.1, 0.15) is 58.9 Å². The van der Waals surface area contributed by atoms with Crippen molar-refractivity contribution in [2.24, 2.45) is 5.41 Å². The number of benzene rings is 1. The second-order valence-electron chi connectivity index (χ2n) is 10.9. The van der Waals surface area contributed by atoms with E-state index in [0.29, 0.717) is 35.6 Å². The van der Waals surface area contributed by atoms with Crippen LogP contribution in [0, 0.1) is 26.2 Å². The predicted molar refractivity (Wildman–Crippen MR) is 156 cm³/mol. The van der Waals surface area contributed by atoms with Crippen LogP contribution < -0.4 is 21.1 Å². The number of rotatable bonds is 8. The Morgan fingerprint density at radius 2 is 1.82 bits per heavy atom. The molecule has 2 amide bonds. The summed E-state index contributed by atoms with van der Waals surface area (Å²) in [5.74, 6) is 0.552. The van der Waals surface area contributed by atoms with Crippen molar-refractivity contribution in [1.29, 1.82) is 0 Å². The van der Waals surface area contributed by atoms with Gasteiger partial charge in [0.05, 0.1) is 13.2 Å². The first kappa shape index (κ1) is 27.6. The van der Waals surface area contributed by atoms with Gasteiger partial charge in [-0.25, -0.2) is 4.98 Å². The third kappa shape index (κ3) is 5.65. The van der Waals surface area contributed by atoms with Crippen molar-refractivity contribution in [3.05, 3.63) is 74.8 Å². The Bertz CT molecular complexity index is 1480. The second-order valence-corrected chi connectivity index (χ2v) is 10.9. The molecule has 1 aliphatic heterocycles. The highest BCUT2D eigenvalue weighted by atomic mass is 16.5. The minimum Gasteiger partial charge on any atom is -0.378 e. The molecule has 3 N–H and O–H groups in total. The van der Waals surface area contributed by atoms with Gasteiger partial charge in [-0.15, -0.1) is 0 Å². The Labute approximate surface area is 234 Å². The first-order chi connectivity index (χ1) is 19.2. The fraction of sp³-hybridized carbons (Fsp3) is 0.419. The average molecular weight is 544 g/mol. The predicted octanol–water partition coefficient (Wildman–Crippen LogP) is 4.26. The number of hydrogen-bond acceptors (Lipinski definition) is 6. The summed E-state index contributed by atoms with van der Waals surface area (Å²) in [4.78, 5) is 48.8. The third-order valence-electron chi connectivity index (χ3n) is 8.25. The van der Waals surface area contributed by atoms with E-state index < -0.39 is 0 Å². The maximum absolute atomic E-state index is 13.5. The number of H-pyrrole nitrogens is 1. The molecule has 3 heterocycles. The Balaban J connectivity index is 1.46. The summed E-state index contributed by atoms with van der Waals surface area (Å²) in [6.45, 7) is 10.6. The monoisotopic (exact) mass is 543 g/mol. The Morgan fingerprint density at radius 3 is 2.45 bits per heavy atom.